The van der Waals surface area contributed by atoms with E-state index in [0.717, 1.165) is 36.2 Å². The second-order valence-electron chi connectivity index (χ2n) is 7.53. The molecule has 4 rings (SSSR count). The molecule has 6 nitrogen and oxygen atoms in total. The van der Waals surface area contributed by atoms with E-state index < -0.39 is 6.04 Å². The standard InChI is InChI=1S/C21H27N3O3/c1-2-23-10-5-7-16(23)14-24-11-9-20(25)22-18(21(24)26)13-17-12-15-6-3-4-8-19(15)27-17/h3-4,6,8,12,16,18H,2,5,7,9-11,13-14H2,1H3,(H,22,25). The van der Waals surface area contributed by atoms with Crippen molar-refractivity contribution in [2.24, 2.45) is 0 Å². The lowest BCUT2D eigenvalue weighted by Gasteiger charge is -2.30. The number of rotatable bonds is 5. The van der Waals surface area contributed by atoms with Crippen molar-refractivity contribution >= 4 is 22.8 Å². The van der Waals surface area contributed by atoms with Gasteiger partial charge in [0, 0.05) is 37.4 Å². The summed E-state index contributed by atoms with van der Waals surface area (Å²) in [4.78, 5) is 29.6. The maximum atomic E-state index is 13.1. The highest BCUT2D eigenvalue weighted by molar-refractivity contribution is 5.90. The van der Waals surface area contributed by atoms with E-state index >= 15 is 0 Å². The van der Waals surface area contributed by atoms with Gasteiger partial charge < -0.3 is 14.6 Å². The molecule has 2 unspecified atom stereocenters. The van der Waals surface area contributed by atoms with Crippen molar-refractivity contribution in [3.63, 3.8) is 0 Å². The maximum Gasteiger partial charge on any atom is 0.245 e. The number of para-hydroxylation sites is 1. The van der Waals surface area contributed by atoms with E-state index in [4.69, 9.17) is 4.42 Å². The van der Waals surface area contributed by atoms with Crippen LogP contribution in [0.25, 0.3) is 11.0 Å². The van der Waals surface area contributed by atoms with Gasteiger partial charge in [0.15, 0.2) is 0 Å². The molecule has 1 aromatic carbocycles. The van der Waals surface area contributed by atoms with Crippen LogP contribution in [-0.2, 0) is 16.0 Å². The number of carbonyl (C=O) groups excluding carboxylic acids is 2. The molecule has 2 amide bonds. The van der Waals surface area contributed by atoms with Gasteiger partial charge in [-0.25, -0.2) is 0 Å². The monoisotopic (exact) mass is 369 g/mol. The van der Waals surface area contributed by atoms with Crippen LogP contribution in [-0.4, -0.2) is 59.9 Å². The van der Waals surface area contributed by atoms with Gasteiger partial charge >= 0.3 is 0 Å². The predicted octanol–water partition coefficient (Wildman–Crippen LogP) is 2.18. The van der Waals surface area contributed by atoms with Crippen molar-refractivity contribution in [1.29, 1.82) is 0 Å². The third kappa shape index (κ3) is 3.86. The summed E-state index contributed by atoms with van der Waals surface area (Å²) in [5.41, 5.74) is 0.807. The summed E-state index contributed by atoms with van der Waals surface area (Å²) in [5.74, 6) is 0.669. The second-order valence-corrected chi connectivity index (χ2v) is 7.53. The highest BCUT2D eigenvalue weighted by Gasteiger charge is 2.34. The van der Waals surface area contributed by atoms with Crippen molar-refractivity contribution < 1.29 is 14.0 Å². The normalized spacial score (nSPS) is 24.4. The van der Waals surface area contributed by atoms with Crippen molar-refractivity contribution in [1.82, 2.24) is 15.1 Å². The number of nitrogens with one attached hydrogen (secondary N) is 1. The number of hydrogen-bond acceptors (Lipinski definition) is 4. The molecule has 2 aliphatic rings. The molecule has 2 atom stereocenters. The highest BCUT2D eigenvalue weighted by atomic mass is 16.3. The molecule has 2 aromatic rings. The van der Waals surface area contributed by atoms with Crippen LogP contribution in [0.15, 0.2) is 34.7 Å². The Bertz CT molecular complexity index is 798. The summed E-state index contributed by atoms with van der Waals surface area (Å²) >= 11 is 0. The largest absolute Gasteiger partial charge is 0.461 e. The van der Waals surface area contributed by atoms with Gasteiger partial charge in [0.1, 0.15) is 17.4 Å². The van der Waals surface area contributed by atoms with Crippen molar-refractivity contribution in [3.8, 4) is 0 Å². The lowest BCUT2D eigenvalue weighted by Crippen LogP contribution is -2.49. The lowest BCUT2D eigenvalue weighted by atomic mass is 10.1. The fraction of sp³-hybridized carbons (Fsp3) is 0.524. The minimum absolute atomic E-state index is 0.00394. The van der Waals surface area contributed by atoms with E-state index in [9.17, 15) is 9.59 Å². The van der Waals surface area contributed by atoms with Gasteiger partial charge in [-0.1, -0.05) is 25.1 Å². The fourth-order valence-electron chi connectivity index (χ4n) is 4.33. The van der Waals surface area contributed by atoms with Crippen LogP contribution in [0, 0.1) is 0 Å². The summed E-state index contributed by atoms with van der Waals surface area (Å²) in [6.07, 6.45) is 3.05. The Morgan fingerprint density at radius 2 is 2.07 bits per heavy atom. The summed E-state index contributed by atoms with van der Waals surface area (Å²) < 4.78 is 5.87. The Balaban J connectivity index is 1.50. The molecule has 3 heterocycles. The molecule has 0 spiro atoms. The molecule has 0 radical (unpaired) electrons. The third-order valence-electron chi connectivity index (χ3n) is 5.77. The number of carbonyl (C=O) groups is 2. The number of hydrogen-bond donors (Lipinski definition) is 1. The van der Waals surface area contributed by atoms with Crippen molar-refractivity contribution in [2.75, 3.05) is 26.2 Å². The molecule has 2 saturated heterocycles. The molecule has 0 saturated carbocycles. The summed E-state index contributed by atoms with van der Waals surface area (Å²) in [6, 6.07) is 9.59. The Kier molecular flexibility index (Phi) is 5.16. The summed E-state index contributed by atoms with van der Waals surface area (Å²) in [5, 5.41) is 3.91. The van der Waals surface area contributed by atoms with Gasteiger partial charge in [-0.3, -0.25) is 14.5 Å². The van der Waals surface area contributed by atoms with E-state index in [-0.39, 0.29) is 11.8 Å². The molecule has 144 valence electrons. The van der Waals surface area contributed by atoms with Gasteiger partial charge in [0.25, 0.3) is 0 Å². The first kappa shape index (κ1) is 18.0. The number of nitrogens with zero attached hydrogens (tertiary/aromatic N) is 2. The Labute approximate surface area is 159 Å². The molecule has 27 heavy (non-hydrogen) atoms. The van der Waals surface area contributed by atoms with Crippen LogP contribution < -0.4 is 5.32 Å². The Hall–Kier alpha value is -2.34. The minimum atomic E-state index is -0.558. The SMILES string of the molecule is CCN1CCCC1CN1CCC(=O)NC(Cc2cc3ccccc3o2)C1=O. The molecular weight excluding hydrogens is 342 g/mol. The zero-order valence-corrected chi connectivity index (χ0v) is 15.8. The molecular formula is C21H27N3O3. The number of amides is 2. The van der Waals surface area contributed by atoms with E-state index in [0.29, 0.717) is 32.0 Å². The van der Waals surface area contributed by atoms with Crippen LogP contribution >= 0.6 is 0 Å². The minimum Gasteiger partial charge on any atom is -0.461 e. The lowest BCUT2D eigenvalue weighted by molar-refractivity contribution is -0.134. The highest BCUT2D eigenvalue weighted by Crippen LogP contribution is 2.22. The molecule has 0 aliphatic carbocycles. The van der Waals surface area contributed by atoms with Crippen LogP contribution in [0.4, 0.5) is 0 Å². The summed E-state index contributed by atoms with van der Waals surface area (Å²) in [7, 11) is 0. The number of likely N-dealkylation sites (N-methyl/N-ethyl adjacent to an activating group) is 1. The zero-order valence-electron chi connectivity index (χ0n) is 15.8. The van der Waals surface area contributed by atoms with Gasteiger partial charge in [0.2, 0.25) is 11.8 Å². The fourth-order valence-corrected chi connectivity index (χ4v) is 4.33. The van der Waals surface area contributed by atoms with Gasteiger partial charge in [-0.05, 0) is 38.1 Å². The Morgan fingerprint density at radius 3 is 2.89 bits per heavy atom. The molecule has 2 fully saturated rings. The Morgan fingerprint density at radius 1 is 1.22 bits per heavy atom. The number of likely N-dealkylation sites (tertiary alicyclic amines) is 1. The average molecular weight is 369 g/mol. The van der Waals surface area contributed by atoms with Gasteiger partial charge in [-0.2, -0.15) is 0 Å². The first-order valence-electron chi connectivity index (χ1n) is 9.93. The topological polar surface area (TPSA) is 65.8 Å². The first-order chi connectivity index (χ1) is 13.1. The molecule has 2 aliphatic heterocycles. The smallest absolute Gasteiger partial charge is 0.245 e. The molecule has 1 N–H and O–H groups in total. The van der Waals surface area contributed by atoms with Gasteiger partial charge in [-0.15, -0.1) is 0 Å². The second kappa shape index (κ2) is 7.72. The first-order valence-corrected chi connectivity index (χ1v) is 9.93. The van der Waals surface area contributed by atoms with Crippen molar-refractivity contribution in [3.05, 3.63) is 36.1 Å². The van der Waals surface area contributed by atoms with E-state index in [1.807, 2.05) is 35.2 Å². The van der Waals surface area contributed by atoms with Crippen LogP contribution in [0.2, 0.25) is 0 Å². The van der Waals surface area contributed by atoms with Crippen molar-refractivity contribution in [2.45, 2.75) is 44.7 Å². The van der Waals surface area contributed by atoms with E-state index in [2.05, 4.69) is 17.1 Å². The quantitative estimate of drug-likeness (QED) is 0.877. The van der Waals surface area contributed by atoms with Crippen LogP contribution in [0.5, 0.6) is 0 Å². The average Bonchev–Trinajstić information content (AvgIpc) is 3.26. The molecule has 1 aromatic heterocycles. The third-order valence-corrected chi connectivity index (χ3v) is 5.77. The van der Waals surface area contributed by atoms with E-state index in [1.54, 1.807) is 0 Å². The molecule has 6 heteroatoms. The number of furan rings is 1. The molecule has 0 bridgehead atoms. The van der Waals surface area contributed by atoms with Crippen LogP contribution in [0.3, 0.4) is 0 Å². The summed E-state index contributed by atoms with van der Waals surface area (Å²) in [6.45, 7) is 5.47. The number of benzene rings is 1. The number of fused-ring (bicyclic) bond motifs is 1. The zero-order chi connectivity index (χ0) is 18.8. The predicted molar refractivity (Wildman–Crippen MR) is 103 cm³/mol. The van der Waals surface area contributed by atoms with Crippen LogP contribution in [0.1, 0.15) is 31.9 Å². The maximum absolute atomic E-state index is 13.1. The van der Waals surface area contributed by atoms with E-state index in [1.165, 1.54) is 6.42 Å². The van der Waals surface area contributed by atoms with Gasteiger partial charge in [0.05, 0.1) is 0 Å².